The van der Waals surface area contributed by atoms with Gasteiger partial charge in [0.05, 0.1) is 18.3 Å². The van der Waals surface area contributed by atoms with Crippen molar-refractivity contribution in [2.24, 2.45) is 0 Å². The average Bonchev–Trinajstić information content (AvgIpc) is 2.77. The zero-order valence-electron chi connectivity index (χ0n) is 10.7. The Bertz CT molecular complexity index is 574. The van der Waals surface area contributed by atoms with Crippen LogP contribution in [0.5, 0.6) is 0 Å². The first-order chi connectivity index (χ1) is 8.58. The van der Waals surface area contributed by atoms with Crippen LogP contribution in [0.1, 0.15) is 35.8 Å². The molecule has 0 amide bonds. The molecule has 0 aliphatic carbocycles. The number of nitrogens with one attached hydrogen (secondary N) is 2. The second-order valence-corrected chi connectivity index (χ2v) is 4.23. The van der Waals surface area contributed by atoms with Crippen LogP contribution in [0.25, 0.3) is 0 Å². The van der Waals surface area contributed by atoms with Crippen molar-refractivity contribution in [1.82, 2.24) is 20.4 Å². The third kappa shape index (κ3) is 2.65. The second kappa shape index (κ2) is 5.14. The summed E-state index contributed by atoms with van der Waals surface area (Å²) in [6.45, 7) is 6.05. The highest BCUT2D eigenvalue weighted by atomic mass is 16.5. The maximum atomic E-state index is 11.9. The molecule has 0 aliphatic rings. The smallest absolute Gasteiger partial charge is 0.255 e. The van der Waals surface area contributed by atoms with Gasteiger partial charge in [-0.2, -0.15) is 0 Å². The molecule has 6 nitrogen and oxygen atoms in total. The summed E-state index contributed by atoms with van der Waals surface area (Å²) in [5.41, 5.74) is 1.30. The van der Waals surface area contributed by atoms with E-state index in [0.29, 0.717) is 17.9 Å². The molecule has 1 atom stereocenters. The Morgan fingerprint density at radius 1 is 1.50 bits per heavy atom. The van der Waals surface area contributed by atoms with Gasteiger partial charge in [-0.3, -0.25) is 4.79 Å². The minimum absolute atomic E-state index is 0.0995. The summed E-state index contributed by atoms with van der Waals surface area (Å²) in [5, 5.41) is 6.83. The van der Waals surface area contributed by atoms with Gasteiger partial charge in [-0.05, 0) is 20.8 Å². The lowest BCUT2D eigenvalue weighted by molar-refractivity contribution is 0.365. The van der Waals surface area contributed by atoms with Gasteiger partial charge in [-0.25, -0.2) is 4.98 Å². The fourth-order valence-electron chi connectivity index (χ4n) is 1.93. The molecule has 18 heavy (non-hydrogen) atoms. The summed E-state index contributed by atoms with van der Waals surface area (Å²) in [6, 6.07) is 1.68. The topological polar surface area (TPSA) is 83.8 Å². The third-order valence-corrected chi connectivity index (χ3v) is 2.77. The fraction of sp³-hybridized carbons (Fsp3) is 0.417. The zero-order chi connectivity index (χ0) is 13.1. The summed E-state index contributed by atoms with van der Waals surface area (Å²) in [4.78, 5) is 18.9. The van der Waals surface area contributed by atoms with E-state index >= 15 is 0 Å². The van der Waals surface area contributed by atoms with Gasteiger partial charge in [0.15, 0.2) is 0 Å². The number of aromatic nitrogens is 3. The normalized spacial score (nSPS) is 12.6. The Labute approximate surface area is 104 Å². The summed E-state index contributed by atoms with van der Waals surface area (Å²) in [7, 11) is 0. The van der Waals surface area contributed by atoms with Crippen molar-refractivity contribution in [2.45, 2.75) is 33.4 Å². The molecule has 0 bridgehead atoms. The molecule has 0 radical (unpaired) electrons. The van der Waals surface area contributed by atoms with Crippen LogP contribution < -0.4 is 10.9 Å². The van der Waals surface area contributed by atoms with Crippen LogP contribution in [0, 0.1) is 13.8 Å². The van der Waals surface area contributed by atoms with E-state index in [1.807, 2.05) is 13.8 Å². The number of nitrogens with zero attached hydrogens (tertiary/aromatic N) is 2. The minimum atomic E-state index is -0.105. The van der Waals surface area contributed by atoms with Gasteiger partial charge >= 0.3 is 0 Å². The van der Waals surface area contributed by atoms with Gasteiger partial charge in [-0.1, -0.05) is 5.16 Å². The molecule has 2 heterocycles. The predicted molar refractivity (Wildman–Crippen MR) is 66.1 cm³/mol. The molecule has 2 rings (SSSR count). The SMILES string of the molecule is Cc1nc(C)c(C(C)NCc2ccno2)c(=O)[nH]1. The van der Waals surface area contributed by atoms with E-state index in [0.717, 1.165) is 11.5 Å². The second-order valence-electron chi connectivity index (χ2n) is 4.23. The Morgan fingerprint density at radius 3 is 2.89 bits per heavy atom. The predicted octanol–water partition coefficient (Wildman–Crippen LogP) is 1.23. The summed E-state index contributed by atoms with van der Waals surface area (Å²) in [6.07, 6.45) is 1.59. The van der Waals surface area contributed by atoms with E-state index in [9.17, 15) is 4.79 Å². The maximum Gasteiger partial charge on any atom is 0.255 e. The molecule has 0 fully saturated rings. The number of hydrogen-bond acceptors (Lipinski definition) is 5. The van der Waals surface area contributed by atoms with E-state index < -0.39 is 0 Å². The summed E-state index contributed by atoms with van der Waals surface area (Å²) >= 11 is 0. The molecule has 6 heteroatoms. The van der Waals surface area contributed by atoms with Crippen LogP contribution in [0.4, 0.5) is 0 Å². The largest absolute Gasteiger partial charge is 0.360 e. The van der Waals surface area contributed by atoms with Gasteiger partial charge in [-0.15, -0.1) is 0 Å². The van der Waals surface area contributed by atoms with Crippen molar-refractivity contribution in [3.05, 3.63) is 45.5 Å². The quantitative estimate of drug-likeness (QED) is 0.850. The lowest BCUT2D eigenvalue weighted by atomic mass is 10.1. The molecule has 0 saturated carbocycles. The van der Waals surface area contributed by atoms with Crippen molar-refractivity contribution < 1.29 is 4.52 Å². The Morgan fingerprint density at radius 2 is 2.28 bits per heavy atom. The lowest BCUT2D eigenvalue weighted by Gasteiger charge is -2.14. The molecule has 0 saturated heterocycles. The van der Waals surface area contributed by atoms with Crippen molar-refractivity contribution in [3.63, 3.8) is 0 Å². The molecule has 96 valence electrons. The first-order valence-corrected chi connectivity index (χ1v) is 5.78. The Kier molecular flexibility index (Phi) is 3.57. The van der Waals surface area contributed by atoms with Crippen molar-refractivity contribution in [1.29, 1.82) is 0 Å². The Balaban J connectivity index is 2.14. The standard InChI is InChI=1S/C12H16N4O2/c1-7(13-6-10-4-5-14-18-10)11-8(2)15-9(3)16-12(11)17/h4-5,7,13H,6H2,1-3H3,(H,15,16,17). The molecule has 2 N–H and O–H groups in total. The lowest BCUT2D eigenvalue weighted by Crippen LogP contribution is -2.27. The third-order valence-electron chi connectivity index (χ3n) is 2.77. The highest BCUT2D eigenvalue weighted by Crippen LogP contribution is 2.11. The first kappa shape index (κ1) is 12.5. The van der Waals surface area contributed by atoms with Crippen LogP contribution in [0.3, 0.4) is 0 Å². The van der Waals surface area contributed by atoms with Gasteiger partial charge in [0.1, 0.15) is 11.6 Å². The molecule has 0 aliphatic heterocycles. The van der Waals surface area contributed by atoms with Gasteiger partial charge in [0, 0.05) is 17.8 Å². The molecule has 0 spiro atoms. The first-order valence-electron chi connectivity index (χ1n) is 5.78. The van der Waals surface area contributed by atoms with Gasteiger partial charge < -0.3 is 14.8 Å². The van der Waals surface area contributed by atoms with Crippen LogP contribution in [0.2, 0.25) is 0 Å². The van der Waals surface area contributed by atoms with Crippen molar-refractivity contribution in [3.8, 4) is 0 Å². The molecular formula is C12H16N4O2. The van der Waals surface area contributed by atoms with E-state index in [2.05, 4.69) is 20.4 Å². The average molecular weight is 248 g/mol. The van der Waals surface area contributed by atoms with Crippen LogP contribution in [0.15, 0.2) is 21.6 Å². The summed E-state index contributed by atoms with van der Waals surface area (Å²) < 4.78 is 4.99. The van der Waals surface area contributed by atoms with Crippen LogP contribution >= 0.6 is 0 Å². The monoisotopic (exact) mass is 248 g/mol. The van der Waals surface area contributed by atoms with E-state index in [1.54, 1.807) is 19.2 Å². The molecule has 0 aromatic carbocycles. The number of aromatic amines is 1. The molecule has 2 aromatic rings. The molecular weight excluding hydrogens is 232 g/mol. The van der Waals surface area contributed by atoms with Crippen molar-refractivity contribution in [2.75, 3.05) is 0 Å². The molecule has 1 unspecified atom stereocenters. The number of rotatable bonds is 4. The number of hydrogen-bond donors (Lipinski definition) is 2. The van der Waals surface area contributed by atoms with Crippen LogP contribution in [-0.2, 0) is 6.54 Å². The summed E-state index contributed by atoms with van der Waals surface area (Å²) in [5.74, 6) is 1.36. The Hall–Kier alpha value is -1.95. The highest BCUT2D eigenvalue weighted by molar-refractivity contribution is 5.20. The van der Waals surface area contributed by atoms with Crippen LogP contribution in [-0.4, -0.2) is 15.1 Å². The minimum Gasteiger partial charge on any atom is -0.360 e. The maximum absolute atomic E-state index is 11.9. The van der Waals surface area contributed by atoms with Gasteiger partial charge in [0.25, 0.3) is 5.56 Å². The number of H-pyrrole nitrogens is 1. The number of aryl methyl sites for hydroxylation is 2. The van der Waals surface area contributed by atoms with E-state index in [-0.39, 0.29) is 11.6 Å². The van der Waals surface area contributed by atoms with Crippen molar-refractivity contribution >= 4 is 0 Å². The van der Waals surface area contributed by atoms with E-state index in [4.69, 9.17) is 4.52 Å². The fourth-order valence-corrected chi connectivity index (χ4v) is 1.93. The zero-order valence-corrected chi connectivity index (χ0v) is 10.7. The molecule has 2 aromatic heterocycles. The van der Waals surface area contributed by atoms with Gasteiger partial charge in [0.2, 0.25) is 0 Å². The highest BCUT2D eigenvalue weighted by Gasteiger charge is 2.14. The van der Waals surface area contributed by atoms with E-state index in [1.165, 1.54) is 0 Å².